The number of piperidine rings is 2. The van der Waals surface area contributed by atoms with E-state index in [1.165, 1.54) is 0 Å². The van der Waals surface area contributed by atoms with E-state index in [-0.39, 0.29) is 28.4 Å². The number of rotatable bonds is 7. The first kappa shape index (κ1) is 26.0. The van der Waals surface area contributed by atoms with E-state index >= 15 is 0 Å². The van der Waals surface area contributed by atoms with E-state index in [1.807, 2.05) is 39.0 Å². The van der Waals surface area contributed by atoms with E-state index in [4.69, 9.17) is 4.74 Å². The maximum Gasteiger partial charge on any atom is 0.238 e. The molecule has 1 amide bonds. The molecule has 7 nitrogen and oxygen atoms in total. The molecular weight excluding hydrogens is 438 g/mol. The van der Waals surface area contributed by atoms with Gasteiger partial charge in [-0.05, 0) is 73.7 Å². The molecule has 0 atom stereocenters. The SMILES string of the molecule is COc1ccc(C)cc1NC(=O)CN1CCC2(CC1)CN(S(=O)(=O)CC(C)C)CC(C)(C)C2. The van der Waals surface area contributed by atoms with Crippen LogP contribution in [-0.4, -0.2) is 69.1 Å². The van der Waals surface area contributed by atoms with Gasteiger partial charge in [0.05, 0.1) is 25.1 Å². The molecule has 0 unspecified atom stereocenters. The van der Waals surface area contributed by atoms with E-state index < -0.39 is 10.0 Å². The van der Waals surface area contributed by atoms with Gasteiger partial charge in [-0.25, -0.2) is 12.7 Å². The molecule has 2 saturated heterocycles. The van der Waals surface area contributed by atoms with Crippen LogP contribution in [0.2, 0.25) is 0 Å². The van der Waals surface area contributed by atoms with Gasteiger partial charge in [0.25, 0.3) is 0 Å². The zero-order chi connectivity index (χ0) is 24.4. The summed E-state index contributed by atoms with van der Waals surface area (Å²) >= 11 is 0. The first-order valence-corrected chi connectivity index (χ1v) is 13.6. The Morgan fingerprint density at radius 3 is 2.45 bits per heavy atom. The highest BCUT2D eigenvalue weighted by Crippen LogP contribution is 2.47. The van der Waals surface area contributed by atoms with Crippen molar-refractivity contribution in [2.75, 3.05) is 50.9 Å². The zero-order valence-electron chi connectivity index (χ0n) is 21.1. The number of hydrogen-bond donors (Lipinski definition) is 1. The Morgan fingerprint density at radius 1 is 1.18 bits per heavy atom. The molecule has 1 aromatic carbocycles. The van der Waals surface area contributed by atoms with Crippen molar-refractivity contribution in [3.8, 4) is 5.75 Å². The number of carbonyl (C=O) groups excluding carboxylic acids is 1. The lowest BCUT2D eigenvalue weighted by Crippen LogP contribution is -2.56. The van der Waals surface area contributed by atoms with Crippen molar-refractivity contribution < 1.29 is 17.9 Å². The fourth-order valence-electron chi connectivity index (χ4n) is 5.59. The maximum absolute atomic E-state index is 13.0. The number of nitrogens with one attached hydrogen (secondary N) is 1. The van der Waals surface area contributed by atoms with Gasteiger partial charge in [-0.1, -0.05) is 33.8 Å². The maximum atomic E-state index is 13.0. The van der Waals surface area contributed by atoms with Crippen LogP contribution in [0.5, 0.6) is 5.75 Å². The van der Waals surface area contributed by atoms with Crippen LogP contribution in [0, 0.1) is 23.7 Å². The van der Waals surface area contributed by atoms with E-state index in [1.54, 1.807) is 11.4 Å². The van der Waals surface area contributed by atoms with E-state index in [9.17, 15) is 13.2 Å². The van der Waals surface area contributed by atoms with Crippen LogP contribution in [0.1, 0.15) is 52.5 Å². The van der Waals surface area contributed by atoms with Crippen LogP contribution in [0.3, 0.4) is 0 Å². The fourth-order valence-corrected chi connectivity index (χ4v) is 7.66. The Balaban J connectivity index is 1.62. The molecule has 1 spiro atoms. The summed E-state index contributed by atoms with van der Waals surface area (Å²) in [5.41, 5.74) is 1.68. The first-order chi connectivity index (χ1) is 15.3. The first-order valence-electron chi connectivity index (χ1n) is 12.0. The van der Waals surface area contributed by atoms with Crippen LogP contribution >= 0.6 is 0 Å². The van der Waals surface area contributed by atoms with Crippen molar-refractivity contribution >= 4 is 21.6 Å². The topological polar surface area (TPSA) is 79.0 Å². The normalized spacial score (nSPS) is 21.3. The number of anilines is 1. The summed E-state index contributed by atoms with van der Waals surface area (Å²) in [5, 5.41) is 2.99. The molecule has 0 radical (unpaired) electrons. The Bertz CT molecular complexity index is 950. The number of carbonyl (C=O) groups is 1. The fraction of sp³-hybridized carbons (Fsp3) is 0.720. The van der Waals surface area contributed by atoms with Crippen LogP contribution in [0.15, 0.2) is 18.2 Å². The predicted molar refractivity (Wildman–Crippen MR) is 133 cm³/mol. The summed E-state index contributed by atoms with van der Waals surface area (Å²) in [6.45, 7) is 13.4. The highest BCUT2D eigenvalue weighted by atomic mass is 32.2. The van der Waals surface area contributed by atoms with Gasteiger partial charge >= 0.3 is 0 Å². The van der Waals surface area contributed by atoms with Crippen molar-refractivity contribution in [2.45, 2.75) is 53.9 Å². The van der Waals surface area contributed by atoms with Crippen LogP contribution < -0.4 is 10.1 Å². The number of nitrogens with zero attached hydrogens (tertiary/aromatic N) is 2. The van der Waals surface area contributed by atoms with Gasteiger partial charge in [-0.15, -0.1) is 0 Å². The monoisotopic (exact) mass is 479 g/mol. The third-order valence-electron chi connectivity index (χ3n) is 6.82. The molecule has 8 heteroatoms. The molecule has 2 heterocycles. The Labute approximate surface area is 199 Å². The highest BCUT2D eigenvalue weighted by Gasteiger charge is 2.47. The Kier molecular flexibility index (Phi) is 7.81. The minimum atomic E-state index is -3.26. The molecule has 0 aliphatic carbocycles. The average Bonchev–Trinajstić information content (AvgIpc) is 2.68. The summed E-state index contributed by atoms with van der Waals surface area (Å²) in [5.74, 6) is 0.912. The summed E-state index contributed by atoms with van der Waals surface area (Å²) < 4.78 is 33.2. The second-order valence-electron chi connectivity index (χ2n) is 11.3. The molecule has 0 aromatic heterocycles. The molecule has 1 aromatic rings. The van der Waals surface area contributed by atoms with Gasteiger partial charge in [0.2, 0.25) is 15.9 Å². The third-order valence-corrected chi connectivity index (χ3v) is 8.95. The molecule has 186 valence electrons. The molecule has 2 aliphatic heterocycles. The molecular formula is C25H41N3O4S. The number of aryl methyl sites for hydroxylation is 1. The summed E-state index contributed by atoms with van der Waals surface area (Å²) in [6.07, 6.45) is 2.84. The van der Waals surface area contributed by atoms with Gasteiger partial charge in [0.1, 0.15) is 5.75 Å². The lowest BCUT2D eigenvalue weighted by atomic mass is 9.65. The second-order valence-corrected chi connectivity index (χ2v) is 13.3. The lowest BCUT2D eigenvalue weighted by Gasteiger charge is -2.52. The van der Waals surface area contributed by atoms with Crippen molar-refractivity contribution in [2.24, 2.45) is 16.7 Å². The van der Waals surface area contributed by atoms with Gasteiger partial charge < -0.3 is 10.1 Å². The number of amides is 1. The average molecular weight is 480 g/mol. The Hall–Kier alpha value is -1.64. The second kappa shape index (κ2) is 9.92. The minimum Gasteiger partial charge on any atom is -0.495 e. The van der Waals surface area contributed by atoms with Gasteiger partial charge in [0, 0.05) is 13.1 Å². The molecule has 2 aliphatic rings. The third kappa shape index (κ3) is 6.70. The van der Waals surface area contributed by atoms with E-state index in [0.717, 1.165) is 37.9 Å². The van der Waals surface area contributed by atoms with Gasteiger partial charge in [-0.3, -0.25) is 9.69 Å². The van der Waals surface area contributed by atoms with Crippen LogP contribution in [0.25, 0.3) is 0 Å². The number of benzene rings is 1. The molecule has 33 heavy (non-hydrogen) atoms. The number of methoxy groups -OCH3 is 1. The predicted octanol–water partition coefficient (Wildman–Crippen LogP) is 3.74. The van der Waals surface area contributed by atoms with E-state index in [0.29, 0.717) is 31.1 Å². The smallest absolute Gasteiger partial charge is 0.238 e. The van der Waals surface area contributed by atoms with Crippen molar-refractivity contribution in [1.29, 1.82) is 0 Å². The molecule has 0 bridgehead atoms. The standard InChI is InChI=1S/C25H41N3O4S/c1-19(2)15-33(30,31)28-17-24(4,5)16-25(18-28)9-11-27(12-10-25)14-23(29)26-21-13-20(3)7-8-22(21)32-6/h7-8,13,19H,9-12,14-18H2,1-6H3,(H,26,29). The van der Waals surface area contributed by atoms with Crippen molar-refractivity contribution in [3.63, 3.8) is 0 Å². The minimum absolute atomic E-state index is 0.0153. The van der Waals surface area contributed by atoms with Crippen molar-refractivity contribution in [3.05, 3.63) is 23.8 Å². The summed E-state index contributed by atoms with van der Waals surface area (Å²) in [4.78, 5) is 14.9. The van der Waals surface area contributed by atoms with Crippen LogP contribution in [0.4, 0.5) is 5.69 Å². The molecule has 3 rings (SSSR count). The molecule has 1 N–H and O–H groups in total. The molecule has 2 fully saturated rings. The Morgan fingerprint density at radius 2 is 1.85 bits per heavy atom. The number of sulfonamides is 1. The number of likely N-dealkylation sites (tertiary alicyclic amines) is 1. The van der Waals surface area contributed by atoms with Crippen LogP contribution in [-0.2, 0) is 14.8 Å². The van der Waals surface area contributed by atoms with E-state index in [2.05, 4.69) is 24.1 Å². The lowest BCUT2D eigenvalue weighted by molar-refractivity contribution is -0.118. The van der Waals surface area contributed by atoms with Gasteiger partial charge in [-0.2, -0.15) is 0 Å². The quantitative estimate of drug-likeness (QED) is 0.645. The number of hydrogen-bond acceptors (Lipinski definition) is 5. The summed E-state index contributed by atoms with van der Waals surface area (Å²) in [6, 6.07) is 5.73. The molecule has 0 saturated carbocycles. The van der Waals surface area contributed by atoms with Crippen molar-refractivity contribution in [1.82, 2.24) is 9.21 Å². The number of ether oxygens (including phenoxy) is 1. The largest absolute Gasteiger partial charge is 0.495 e. The zero-order valence-corrected chi connectivity index (χ0v) is 21.9. The van der Waals surface area contributed by atoms with Gasteiger partial charge in [0.15, 0.2) is 0 Å². The summed E-state index contributed by atoms with van der Waals surface area (Å²) in [7, 11) is -1.66. The highest BCUT2D eigenvalue weighted by molar-refractivity contribution is 7.89.